The molecule has 0 amide bonds. The van der Waals surface area contributed by atoms with E-state index in [1.165, 1.54) is 5.56 Å². The van der Waals surface area contributed by atoms with Crippen LogP contribution in [0, 0.1) is 22.7 Å². The van der Waals surface area contributed by atoms with Crippen molar-refractivity contribution in [3.05, 3.63) is 35.9 Å². The van der Waals surface area contributed by atoms with Crippen LogP contribution in [-0.2, 0) is 6.42 Å². The summed E-state index contributed by atoms with van der Waals surface area (Å²) in [5.41, 5.74) is 1.30. The maximum Gasteiger partial charge on any atom is 0.0635 e. The monoisotopic (exact) mass is 227 g/mol. The van der Waals surface area contributed by atoms with Crippen molar-refractivity contribution in [3.8, 4) is 12.1 Å². The van der Waals surface area contributed by atoms with Gasteiger partial charge < -0.3 is 4.90 Å². The molecule has 1 rings (SSSR count). The summed E-state index contributed by atoms with van der Waals surface area (Å²) in [4.78, 5) is 2.18. The summed E-state index contributed by atoms with van der Waals surface area (Å²) in [6, 6.07) is 14.6. The average Bonchev–Trinajstić information content (AvgIpc) is 2.39. The number of rotatable bonds is 7. The number of nitrogens with zero attached hydrogens (tertiary/aromatic N) is 3. The molecule has 0 unspecified atom stereocenters. The van der Waals surface area contributed by atoms with Crippen LogP contribution < -0.4 is 0 Å². The van der Waals surface area contributed by atoms with Gasteiger partial charge in [0.1, 0.15) is 0 Å². The third kappa shape index (κ3) is 5.70. The Morgan fingerprint density at radius 3 is 2.00 bits per heavy atom. The first-order valence-electron chi connectivity index (χ1n) is 5.87. The highest BCUT2D eigenvalue weighted by Gasteiger charge is 2.04. The zero-order valence-corrected chi connectivity index (χ0v) is 9.97. The Morgan fingerprint density at radius 1 is 0.882 bits per heavy atom. The quantitative estimate of drug-likeness (QED) is 0.718. The van der Waals surface area contributed by atoms with E-state index in [9.17, 15) is 0 Å². The Balaban J connectivity index is 2.38. The number of nitriles is 2. The van der Waals surface area contributed by atoms with Crippen LogP contribution in [-0.4, -0.2) is 24.5 Å². The SMILES string of the molecule is N#CCCN(CCC#N)CCc1ccccc1. The molecule has 0 aliphatic heterocycles. The molecule has 17 heavy (non-hydrogen) atoms. The molecular formula is C14H17N3. The normalized spacial score (nSPS) is 9.82. The van der Waals surface area contributed by atoms with Crippen molar-refractivity contribution in [1.82, 2.24) is 4.90 Å². The Hall–Kier alpha value is -1.84. The lowest BCUT2D eigenvalue weighted by atomic mass is 10.1. The van der Waals surface area contributed by atoms with Gasteiger partial charge in [-0.15, -0.1) is 0 Å². The zero-order valence-electron chi connectivity index (χ0n) is 9.97. The van der Waals surface area contributed by atoms with Crippen molar-refractivity contribution in [3.63, 3.8) is 0 Å². The summed E-state index contributed by atoms with van der Waals surface area (Å²) >= 11 is 0. The van der Waals surface area contributed by atoms with Crippen LogP contribution >= 0.6 is 0 Å². The van der Waals surface area contributed by atoms with Gasteiger partial charge in [0.15, 0.2) is 0 Å². The van der Waals surface area contributed by atoms with E-state index in [0.29, 0.717) is 12.8 Å². The molecule has 3 heteroatoms. The molecular weight excluding hydrogens is 210 g/mol. The molecule has 0 fully saturated rings. The Morgan fingerprint density at radius 2 is 1.47 bits per heavy atom. The maximum atomic E-state index is 8.58. The first-order valence-corrected chi connectivity index (χ1v) is 5.87. The summed E-state index contributed by atoms with van der Waals surface area (Å²) in [5, 5.41) is 17.2. The molecule has 0 spiro atoms. The lowest BCUT2D eigenvalue weighted by Crippen LogP contribution is -2.28. The fourth-order valence-electron chi connectivity index (χ4n) is 1.68. The Labute approximate surface area is 103 Å². The lowest BCUT2D eigenvalue weighted by molar-refractivity contribution is 0.290. The van der Waals surface area contributed by atoms with E-state index in [2.05, 4.69) is 29.2 Å². The first kappa shape index (κ1) is 13.2. The van der Waals surface area contributed by atoms with Crippen LogP contribution in [0.1, 0.15) is 18.4 Å². The van der Waals surface area contributed by atoms with E-state index in [-0.39, 0.29) is 0 Å². The molecule has 0 N–H and O–H groups in total. The molecule has 0 bridgehead atoms. The van der Waals surface area contributed by atoms with E-state index in [0.717, 1.165) is 26.1 Å². The van der Waals surface area contributed by atoms with Crippen molar-refractivity contribution in [1.29, 1.82) is 10.5 Å². The van der Waals surface area contributed by atoms with Gasteiger partial charge in [-0.05, 0) is 12.0 Å². The second kappa shape index (κ2) is 8.33. The third-order valence-electron chi connectivity index (χ3n) is 2.64. The van der Waals surface area contributed by atoms with Crippen molar-refractivity contribution >= 4 is 0 Å². The van der Waals surface area contributed by atoms with Gasteiger partial charge in [-0.3, -0.25) is 0 Å². The van der Waals surface area contributed by atoms with Crippen molar-refractivity contribution in [2.24, 2.45) is 0 Å². The summed E-state index contributed by atoms with van der Waals surface area (Å²) in [7, 11) is 0. The minimum atomic E-state index is 0.528. The van der Waals surface area contributed by atoms with E-state index in [1.54, 1.807) is 0 Å². The smallest absolute Gasteiger partial charge is 0.0635 e. The average molecular weight is 227 g/mol. The molecule has 3 nitrogen and oxygen atoms in total. The standard InChI is InChI=1S/C14H17N3/c15-9-4-11-17(12-5-10-16)13-8-14-6-2-1-3-7-14/h1-3,6-7H,4-5,8,11-13H2. The minimum Gasteiger partial charge on any atom is -0.301 e. The van der Waals surface area contributed by atoms with E-state index in [1.807, 2.05) is 18.2 Å². The van der Waals surface area contributed by atoms with Crippen LogP contribution in [0.15, 0.2) is 30.3 Å². The molecule has 0 aliphatic rings. The molecule has 0 heterocycles. The molecule has 0 aliphatic carbocycles. The van der Waals surface area contributed by atoms with E-state index < -0.39 is 0 Å². The summed E-state index contributed by atoms with van der Waals surface area (Å²) < 4.78 is 0. The second-order valence-electron chi connectivity index (χ2n) is 3.89. The van der Waals surface area contributed by atoms with Crippen LogP contribution in [0.3, 0.4) is 0 Å². The first-order chi connectivity index (χ1) is 8.36. The molecule has 0 atom stereocenters. The van der Waals surface area contributed by atoms with Crippen molar-refractivity contribution in [2.75, 3.05) is 19.6 Å². The van der Waals surface area contributed by atoms with E-state index in [4.69, 9.17) is 10.5 Å². The number of hydrogen-bond acceptors (Lipinski definition) is 3. The van der Waals surface area contributed by atoms with Crippen LogP contribution in [0.25, 0.3) is 0 Å². The Bertz CT molecular complexity index is 368. The highest BCUT2D eigenvalue weighted by Crippen LogP contribution is 2.02. The second-order valence-corrected chi connectivity index (χ2v) is 3.89. The number of benzene rings is 1. The van der Waals surface area contributed by atoms with Gasteiger partial charge in [0.2, 0.25) is 0 Å². The predicted molar refractivity (Wildman–Crippen MR) is 67.0 cm³/mol. The number of hydrogen-bond donors (Lipinski definition) is 0. The summed E-state index contributed by atoms with van der Waals surface area (Å²) in [5.74, 6) is 0. The van der Waals surface area contributed by atoms with Gasteiger partial charge in [-0.2, -0.15) is 10.5 Å². The highest BCUT2D eigenvalue weighted by atomic mass is 15.1. The van der Waals surface area contributed by atoms with Gasteiger partial charge in [0.25, 0.3) is 0 Å². The van der Waals surface area contributed by atoms with Gasteiger partial charge in [0.05, 0.1) is 12.1 Å². The van der Waals surface area contributed by atoms with E-state index >= 15 is 0 Å². The van der Waals surface area contributed by atoms with Gasteiger partial charge in [-0.1, -0.05) is 30.3 Å². The van der Waals surface area contributed by atoms with Crippen molar-refractivity contribution in [2.45, 2.75) is 19.3 Å². The summed E-state index contributed by atoms with van der Waals surface area (Å²) in [6.07, 6.45) is 2.03. The molecule has 0 aromatic heterocycles. The van der Waals surface area contributed by atoms with Crippen LogP contribution in [0.4, 0.5) is 0 Å². The molecule has 88 valence electrons. The van der Waals surface area contributed by atoms with Crippen molar-refractivity contribution < 1.29 is 0 Å². The Kier molecular flexibility index (Phi) is 6.48. The fraction of sp³-hybridized carbons (Fsp3) is 0.429. The van der Waals surface area contributed by atoms with Gasteiger partial charge in [-0.25, -0.2) is 0 Å². The molecule has 1 aromatic rings. The molecule has 0 saturated heterocycles. The highest BCUT2D eigenvalue weighted by molar-refractivity contribution is 5.14. The molecule has 1 aromatic carbocycles. The van der Waals surface area contributed by atoms with Gasteiger partial charge >= 0.3 is 0 Å². The van der Waals surface area contributed by atoms with Gasteiger partial charge in [0, 0.05) is 32.5 Å². The predicted octanol–water partition coefficient (Wildman–Crippen LogP) is 2.36. The third-order valence-corrected chi connectivity index (χ3v) is 2.64. The fourth-order valence-corrected chi connectivity index (χ4v) is 1.68. The zero-order chi connectivity index (χ0) is 12.3. The minimum absolute atomic E-state index is 0.528. The van der Waals surface area contributed by atoms with Crippen LogP contribution in [0.2, 0.25) is 0 Å². The molecule has 0 saturated carbocycles. The summed E-state index contributed by atoms with van der Waals surface area (Å²) in [6.45, 7) is 2.42. The maximum absolute atomic E-state index is 8.58. The largest absolute Gasteiger partial charge is 0.301 e. The molecule has 0 radical (unpaired) electrons. The topological polar surface area (TPSA) is 50.8 Å². The van der Waals surface area contributed by atoms with Crippen LogP contribution in [0.5, 0.6) is 0 Å². The lowest BCUT2D eigenvalue weighted by Gasteiger charge is -2.19.